The van der Waals surface area contributed by atoms with E-state index in [1.165, 1.54) is 27.2 Å². The van der Waals surface area contributed by atoms with E-state index in [0.29, 0.717) is 0 Å². The number of hydrogen-bond acceptors (Lipinski definition) is 7. The number of ether oxygens (including phenoxy) is 2. The zero-order chi connectivity index (χ0) is 14.6. The van der Waals surface area contributed by atoms with Crippen LogP contribution in [0.1, 0.15) is 6.92 Å². The third kappa shape index (κ3) is 3.89. The van der Waals surface area contributed by atoms with Gasteiger partial charge in [-0.1, -0.05) is 12.2 Å². The van der Waals surface area contributed by atoms with E-state index < -0.39 is 15.3 Å². The van der Waals surface area contributed by atoms with E-state index in [1.54, 1.807) is 0 Å². The molecule has 0 saturated carbocycles. The summed E-state index contributed by atoms with van der Waals surface area (Å²) in [6.45, 7) is 1.36. The maximum atomic E-state index is 11.9. The number of methoxy groups -OCH3 is 2. The summed E-state index contributed by atoms with van der Waals surface area (Å²) >= 11 is 4.65. The average Bonchev–Trinajstić information content (AvgIpc) is 2.36. The van der Waals surface area contributed by atoms with Crippen molar-refractivity contribution in [2.45, 2.75) is 12.2 Å². The molecule has 0 amide bonds. The maximum Gasteiger partial charge on any atom is 0.244 e. The van der Waals surface area contributed by atoms with Crippen LogP contribution in [0.15, 0.2) is 6.07 Å². The lowest BCUT2D eigenvalue weighted by Gasteiger charge is -2.13. The zero-order valence-electron chi connectivity index (χ0n) is 10.6. The molecule has 1 aromatic rings. The number of thiocarbonyl (C=S) groups is 1. The second kappa shape index (κ2) is 5.97. The van der Waals surface area contributed by atoms with Crippen molar-refractivity contribution in [2.24, 2.45) is 5.73 Å². The zero-order valence-corrected chi connectivity index (χ0v) is 12.2. The number of sulfonamides is 1. The van der Waals surface area contributed by atoms with Gasteiger partial charge in [-0.2, -0.15) is 9.97 Å². The number of anilines is 1. The van der Waals surface area contributed by atoms with E-state index in [4.69, 9.17) is 15.2 Å². The van der Waals surface area contributed by atoms with Gasteiger partial charge in [-0.05, 0) is 6.92 Å². The van der Waals surface area contributed by atoms with Gasteiger partial charge in [0.05, 0.1) is 25.3 Å². The predicted molar refractivity (Wildman–Crippen MR) is 73.9 cm³/mol. The average molecular weight is 306 g/mol. The predicted octanol–water partition coefficient (Wildman–Crippen LogP) is -0.0899. The summed E-state index contributed by atoms with van der Waals surface area (Å²) in [5.74, 6) is 0.138. The van der Waals surface area contributed by atoms with E-state index >= 15 is 0 Å². The number of rotatable bonds is 6. The molecule has 1 unspecified atom stereocenters. The van der Waals surface area contributed by atoms with E-state index in [1.807, 2.05) is 0 Å². The Morgan fingerprint density at radius 3 is 2.21 bits per heavy atom. The molecule has 1 aromatic heterocycles. The van der Waals surface area contributed by atoms with Gasteiger partial charge in [0.2, 0.25) is 27.7 Å². The maximum absolute atomic E-state index is 11.9. The monoisotopic (exact) mass is 306 g/mol. The van der Waals surface area contributed by atoms with Crippen molar-refractivity contribution >= 4 is 33.2 Å². The Labute approximate surface area is 116 Å². The first-order valence-electron chi connectivity index (χ1n) is 5.08. The standard InChI is InChI=1S/C9H14N4O4S2/c1-5(8(10)18)19(14,15)13-9-11-6(16-2)4-7(12-9)17-3/h4-5H,1-3H3,(H2,10,18)(H,11,12,13). The summed E-state index contributed by atoms with van der Waals surface area (Å²) in [5, 5.41) is -1.05. The smallest absolute Gasteiger partial charge is 0.244 e. The van der Waals surface area contributed by atoms with Crippen LogP contribution >= 0.6 is 12.2 Å². The lowest BCUT2D eigenvalue weighted by Crippen LogP contribution is -2.36. The lowest BCUT2D eigenvalue weighted by molar-refractivity contribution is 0.373. The first-order valence-corrected chi connectivity index (χ1v) is 7.03. The molecule has 0 spiro atoms. The molecule has 1 rings (SSSR count). The van der Waals surface area contributed by atoms with Gasteiger partial charge in [0.15, 0.2) is 0 Å². The third-order valence-corrected chi connectivity index (χ3v) is 4.35. The van der Waals surface area contributed by atoms with Crippen molar-refractivity contribution in [1.82, 2.24) is 9.97 Å². The minimum atomic E-state index is -3.81. The van der Waals surface area contributed by atoms with Crippen LogP contribution in [-0.4, -0.2) is 42.8 Å². The molecule has 0 saturated heterocycles. The van der Waals surface area contributed by atoms with Crippen LogP contribution in [0.4, 0.5) is 5.95 Å². The Hall–Kier alpha value is -1.68. The Morgan fingerprint density at radius 2 is 1.84 bits per heavy atom. The van der Waals surface area contributed by atoms with Crippen molar-refractivity contribution in [3.05, 3.63) is 6.07 Å². The lowest BCUT2D eigenvalue weighted by atomic mass is 10.5. The number of nitrogens with two attached hydrogens (primary N) is 1. The topological polar surface area (TPSA) is 116 Å². The summed E-state index contributed by atoms with van der Waals surface area (Å²) in [6.07, 6.45) is 0. The number of aromatic nitrogens is 2. The van der Waals surface area contributed by atoms with Gasteiger partial charge in [0, 0.05) is 0 Å². The fourth-order valence-corrected chi connectivity index (χ4v) is 2.24. The normalized spacial score (nSPS) is 12.6. The summed E-state index contributed by atoms with van der Waals surface area (Å²) in [5.41, 5.74) is 5.31. The SMILES string of the molecule is COc1cc(OC)nc(NS(=O)(=O)C(C)C(N)=S)n1. The molecule has 8 nitrogen and oxygen atoms in total. The van der Waals surface area contributed by atoms with Crippen LogP contribution in [0.25, 0.3) is 0 Å². The van der Waals surface area contributed by atoms with Gasteiger partial charge >= 0.3 is 0 Å². The fraction of sp³-hybridized carbons (Fsp3) is 0.444. The van der Waals surface area contributed by atoms with E-state index in [2.05, 4.69) is 26.9 Å². The van der Waals surface area contributed by atoms with Crippen molar-refractivity contribution in [3.63, 3.8) is 0 Å². The molecular formula is C9H14N4O4S2. The first-order chi connectivity index (χ1) is 8.80. The van der Waals surface area contributed by atoms with Gasteiger partial charge < -0.3 is 15.2 Å². The van der Waals surface area contributed by atoms with Crippen LogP contribution in [0, 0.1) is 0 Å². The molecule has 0 aliphatic carbocycles. The number of nitrogens with zero attached hydrogens (tertiary/aromatic N) is 2. The summed E-state index contributed by atoms with van der Waals surface area (Å²) < 4.78 is 35.8. The Kier molecular flexibility index (Phi) is 4.84. The van der Waals surface area contributed by atoms with Crippen LogP contribution in [0.3, 0.4) is 0 Å². The van der Waals surface area contributed by atoms with Gasteiger partial charge in [-0.3, -0.25) is 4.72 Å². The molecule has 1 heterocycles. The van der Waals surface area contributed by atoms with E-state index in [-0.39, 0.29) is 22.7 Å². The second-order valence-electron chi connectivity index (χ2n) is 3.47. The number of hydrogen-bond donors (Lipinski definition) is 2. The van der Waals surface area contributed by atoms with Gasteiger partial charge in [0.1, 0.15) is 5.25 Å². The third-order valence-electron chi connectivity index (χ3n) is 2.20. The minimum absolute atomic E-state index is 0.151. The van der Waals surface area contributed by atoms with Crippen molar-refractivity contribution < 1.29 is 17.9 Å². The molecule has 19 heavy (non-hydrogen) atoms. The van der Waals surface area contributed by atoms with Crippen LogP contribution in [-0.2, 0) is 10.0 Å². The molecule has 0 aromatic carbocycles. The molecule has 0 aliphatic rings. The Bertz CT molecular complexity index is 553. The molecule has 10 heteroatoms. The number of nitrogens with one attached hydrogen (secondary N) is 1. The van der Waals surface area contributed by atoms with E-state index in [9.17, 15) is 8.42 Å². The van der Waals surface area contributed by atoms with Crippen LogP contribution in [0.2, 0.25) is 0 Å². The highest BCUT2D eigenvalue weighted by Gasteiger charge is 2.24. The molecule has 0 radical (unpaired) electrons. The highest BCUT2D eigenvalue weighted by atomic mass is 32.2. The molecule has 1 atom stereocenters. The van der Waals surface area contributed by atoms with Gasteiger partial charge in [-0.15, -0.1) is 0 Å². The van der Waals surface area contributed by atoms with Crippen molar-refractivity contribution in [1.29, 1.82) is 0 Å². The van der Waals surface area contributed by atoms with E-state index in [0.717, 1.165) is 0 Å². The quantitative estimate of drug-likeness (QED) is 0.700. The minimum Gasteiger partial charge on any atom is -0.481 e. The van der Waals surface area contributed by atoms with Crippen LogP contribution in [0.5, 0.6) is 11.8 Å². The summed E-state index contributed by atoms with van der Waals surface area (Å²) in [7, 11) is -1.04. The fourth-order valence-electron chi connectivity index (χ4n) is 1.03. The molecular weight excluding hydrogens is 292 g/mol. The van der Waals surface area contributed by atoms with Crippen molar-refractivity contribution in [3.8, 4) is 11.8 Å². The summed E-state index contributed by atoms with van der Waals surface area (Å²) in [6, 6.07) is 1.41. The molecule has 0 fully saturated rings. The molecule has 0 bridgehead atoms. The summed E-state index contributed by atoms with van der Waals surface area (Å²) in [4.78, 5) is 7.53. The first kappa shape index (κ1) is 15.4. The van der Waals surface area contributed by atoms with Gasteiger partial charge in [-0.25, -0.2) is 8.42 Å². The molecule has 3 N–H and O–H groups in total. The molecule has 0 aliphatic heterocycles. The highest BCUT2D eigenvalue weighted by Crippen LogP contribution is 2.18. The van der Waals surface area contributed by atoms with Gasteiger partial charge in [0.25, 0.3) is 0 Å². The Balaban J connectivity index is 3.08. The Morgan fingerprint density at radius 1 is 1.37 bits per heavy atom. The van der Waals surface area contributed by atoms with Crippen LogP contribution < -0.4 is 19.9 Å². The second-order valence-corrected chi connectivity index (χ2v) is 5.94. The molecule has 106 valence electrons. The highest BCUT2D eigenvalue weighted by molar-refractivity contribution is 7.95. The largest absolute Gasteiger partial charge is 0.481 e. The van der Waals surface area contributed by atoms with Crippen molar-refractivity contribution in [2.75, 3.05) is 18.9 Å².